The fraction of sp³-hybridized carbons (Fsp3) is 0.353. The van der Waals surface area contributed by atoms with E-state index in [1.165, 1.54) is 10.8 Å². The van der Waals surface area contributed by atoms with Gasteiger partial charge in [0, 0.05) is 10.6 Å². The topological polar surface area (TPSA) is 66.7 Å². The Morgan fingerprint density at radius 1 is 1.23 bits per heavy atom. The summed E-state index contributed by atoms with van der Waals surface area (Å²) in [4.78, 5) is 4.69. The maximum atomic E-state index is 10.8. The molecule has 1 aliphatic carbocycles. The maximum absolute atomic E-state index is 10.8. The van der Waals surface area contributed by atoms with Gasteiger partial charge in [0.05, 0.1) is 16.8 Å². The van der Waals surface area contributed by atoms with Gasteiger partial charge in [0.1, 0.15) is 0 Å². The Balaban J connectivity index is 1.94. The lowest BCUT2D eigenvalue weighted by atomic mass is 9.76. The van der Waals surface area contributed by atoms with Crippen LogP contribution in [0.2, 0.25) is 0 Å². The summed E-state index contributed by atoms with van der Waals surface area (Å²) in [6.07, 6.45) is 5.23. The molecule has 3 rings (SSSR count). The van der Waals surface area contributed by atoms with Gasteiger partial charge in [0.25, 0.3) is 10.1 Å². The van der Waals surface area contributed by atoms with E-state index < -0.39 is 10.1 Å². The van der Waals surface area contributed by atoms with Gasteiger partial charge in [-0.3, -0.25) is 4.55 Å². The van der Waals surface area contributed by atoms with Crippen molar-refractivity contribution in [2.75, 3.05) is 5.75 Å². The minimum Gasteiger partial charge on any atom is -0.286 e. The van der Waals surface area contributed by atoms with Crippen LogP contribution in [-0.2, 0) is 10.1 Å². The zero-order valence-electron chi connectivity index (χ0n) is 12.7. The van der Waals surface area contributed by atoms with Gasteiger partial charge in [0.15, 0.2) is 0 Å². The zero-order valence-corrected chi connectivity index (χ0v) is 13.5. The van der Waals surface area contributed by atoms with Crippen molar-refractivity contribution in [3.63, 3.8) is 0 Å². The molecule has 0 aromatic heterocycles. The van der Waals surface area contributed by atoms with Crippen LogP contribution < -0.4 is 10.6 Å². The summed E-state index contributed by atoms with van der Waals surface area (Å²) in [7, 11) is -3.89. The van der Waals surface area contributed by atoms with E-state index in [-0.39, 0.29) is 11.2 Å². The minimum atomic E-state index is -3.89. The van der Waals surface area contributed by atoms with Crippen molar-refractivity contribution in [3.8, 4) is 0 Å². The van der Waals surface area contributed by atoms with Crippen LogP contribution in [0.25, 0.3) is 5.57 Å². The Labute approximate surface area is 130 Å². The Morgan fingerprint density at radius 2 is 1.95 bits per heavy atom. The first-order valence-electron chi connectivity index (χ1n) is 7.34. The lowest BCUT2D eigenvalue weighted by Crippen LogP contribution is -2.27. The van der Waals surface area contributed by atoms with Crippen molar-refractivity contribution >= 4 is 15.7 Å². The number of hydrogen-bond donors (Lipinski definition) is 1. The van der Waals surface area contributed by atoms with Crippen molar-refractivity contribution in [3.05, 3.63) is 58.3 Å². The molecule has 0 saturated heterocycles. The molecule has 116 valence electrons. The molecule has 5 heteroatoms. The summed E-state index contributed by atoms with van der Waals surface area (Å²) in [5.74, 6) is -0.206. The van der Waals surface area contributed by atoms with Gasteiger partial charge in [0.2, 0.25) is 0 Å². The molecule has 1 aromatic rings. The molecule has 4 nitrogen and oxygen atoms in total. The van der Waals surface area contributed by atoms with Crippen LogP contribution in [0.5, 0.6) is 0 Å². The van der Waals surface area contributed by atoms with Gasteiger partial charge >= 0.3 is 0 Å². The van der Waals surface area contributed by atoms with E-state index >= 15 is 0 Å². The van der Waals surface area contributed by atoms with Crippen LogP contribution in [0.4, 0.5) is 0 Å². The average Bonchev–Trinajstić information content (AvgIpc) is 2.75. The van der Waals surface area contributed by atoms with Crippen LogP contribution in [-0.4, -0.2) is 18.7 Å². The van der Waals surface area contributed by atoms with Crippen LogP contribution in [0, 0.1) is 5.41 Å². The van der Waals surface area contributed by atoms with Crippen molar-refractivity contribution < 1.29 is 13.0 Å². The summed E-state index contributed by atoms with van der Waals surface area (Å²) in [5.41, 5.74) is 3.12. The summed E-state index contributed by atoms with van der Waals surface area (Å²) < 4.78 is 30.5. The highest BCUT2D eigenvalue weighted by atomic mass is 32.2. The number of benzene rings is 1. The number of fused-ring (bicyclic) bond motifs is 2. The molecule has 0 fully saturated rings. The Bertz CT molecular complexity index is 905. The summed E-state index contributed by atoms with van der Waals surface area (Å²) >= 11 is 0. The summed E-state index contributed by atoms with van der Waals surface area (Å²) in [6.45, 7) is 4.30. The van der Waals surface area contributed by atoms with Crippen molar-refractivity contribution in [1.29, 1.82) is 0 Å². The number of para-hydroxylation sites is 1. The van der Waals surface area contributed by atoms with Gasteiger partial charge in [-0.05, 0) is 36.1 Å². The smallest absolute Gasteiger partial charge is 0.264 e. The molecular weight excluding hydrogens is 298 g/mol. The molecule has 1 aliphatic heterocycles. The summed E-state index contributed by atoms with van der Waals surface area (Å²) in [6, 6.07) is 8.10. The van der Waals surface area contributed by atoms with Gasteiger partial charge < -0.3 is 0 Å². The molecule has 2 aliphatic rings. The fourth-order valence-electron chi connectivity index (χ4n) is 3.24. The Kier molecular flexibility index (Phi) is 3.57. The largest absolute Gasteiger partial charge is 0.286 e. The number of rotatable bonds is 4. The molecule has 0 amide bonds. The number of nitrogens with zero attached hydrogens (tertiary/aromatic N) is 1. The van der Waals surface area contributed by atoms with E-state index in [1.54, 1.807) is 0 Å². The highest BCUT2D eigenvalue weighted by Gasteiger charge is 2.31. The predicted molar refractivity (Wildman–Crippen MR) is 86.2 cm³/mol. The van der Waals surface area contributed by atoms with E-state index in [9.17, 15) is 8.42 Å². The first-order valence-corrected chi connectivity index (χ1v) is 8.95. The second kappa shape index (κ2) is 5.18. The quantitative estimate of drug-likeness (QED) is 0.864. The minimum absolute atomic E-state index is 0.145. The number of hydrogen-bond acceptors (Lipinski definition) is 3. The van der Waals surface area contributed by atoms with Crippen molar-refractivity contribution in [1.82, 2.24) is 0 Å². The molecule has 0 atom stereocenters. The Morgan fingerprint density at radius 3 is 2.68 bits per heavy atom. The Hall–Kier alpha value is -1.72. The lowest BCUT2D eigenvalue weighted by molar-refractivity contribution is 0.481. The van der Waals surface area contributed by atoms with E-state index in [0.29, 0.717) is 12.8 Å². The second-order valence-corrected chi connectivity index (χ2v) is 7.94. The van der Waals surface area contributed by atoms with Crippen molar-refractivity contribution in [2.45, 2.75) is 26.7 Å². The fourth-order valence-corrected chi connectivity index (χ4v) is 3.75. The first-order chi connectivity index (χ1) is 10.3. The molecule has 22 heavy (non-hydrogen) atoms. The van der Waals surface area contributed by atoms with E-state index in [4.69, 9.17) is 9.55 Å². The molecule has 0 bridgehead atoms. The third kappa shape index (κ3) is 2.91. The first kappa shape index (κ1) is 15.2. The van der Waals surface area contributed by atoms with Crippen LogP contribution in [0.3, 0.4) is 0 Å². The average molecular weight is 317 g/mol. The second-order valence-electron chi connectivity index (χ2n) is 6.36. The van der Waals surface area contributed by atoms with Crippen LogP contribution >= 0.6 is 0 Å². The van der Waals surface area contributed by atoms with Gasteiger partial charge in [-0.1, -0.05) is 38.1 Å². The zero-order chi connectivity index (χ0) is 16.0. The molecule has 0 unspecified atom stereocenters. The van der Waals surface area contributed by atoms with E-state index in [1.807, 2.05) is 24.3 Å². The standard InChI is InChI=1S/C17H19NO3S/c1-17(2)11-12(6-5-9-22(19,20)21)10-15-16(17)13-7-3-4-8-14(13)18-15/h3-4,7-8,10-11H,5-6,9H2,1-2H3,(H,19,20,21). The maximum Gasteiger partial charge on any atom is 0.264 e. The van der Waals surface area contributed by atoms with E-state index in [0.717, 1.165) is 16.6 Å². The lowest BCUT2D eigenvalue weighted by Gasteiger charge is -2.28. The SMILES string of the molecule is CC1(C)C=C(CCCS(=O)(=O)O)C=C2N=c3ccccc3=C21. The van der Waals surface area contributed by atoms with Crippen molar-refractivity contribution in [2.24, 2.45) is 10.4 Å². The molecular formula is C17H19NO3S. The normalized spacial score (nSPS) is 19.0. The molecule has 0 spiro atoms. The van der Waals surface area contributed by atoms with Crippen LogP contribution in [0.1, 0.15) is 26.7 Å². The molecule has 1 aromatic carbocycles. The van der Waals surface area contributed by atoms with Gasteiger partial charge in [-0.25, -0.2) is 4.99 Å². The monoisotopic (exact) mass is 317 g/mol. The third-order valence-corrected chi connectivity index (χ3v) is 4.86. The molecule has 0 saturated carbocycles. The van der Waals surface area contributed by atoms with Gasteiger partial charge in [-0.15, -0.1) is 0 Å². The third-order valence-electron chi connectivity index (χ3n) is 4.05. The number of allylic oxidation sites excluding steroid dienone is 4. The molecule has 1 heterocycles. The molecule has 0 radical (unpaired) electrons. The highest BCUT2D eigenvalue weighted by Crippen LogP contribution is 2.41. The van der Waals surface area contributed by atoms with Gasteiger partial charge in [-0.2, -0.15) is 8.42 Å². The summed E-state index contributed by atoms with van der Waals surface area (Å²) in [5, 5.41) is 2.16. The highest BCUT2D eigenvalue weighted by molar-refractivity contribution is 7.85. The predicted octanol–water partition coefficient (Wildman–Crippen LogP) is 1.99. The van der Waals surface area contributed by atoms with E-state index in [2.05, 4.69) is 26.0 Å². The molecule has 1 N–H and O–H groups in total. The van der Waals surface area contributed by atoms with Crippen LogP contribution in [0.15, 0.2) is 52.7 Å².